The van der Waals surface area contributed by atoms with Crippen molar-refractivity contribution in [2.75, 3.05) is 13.2 Å². The van der Waals surface area contributed by atoms with Crippen molar-refractivity contribution in [2.45, 2.75) is 66.0 Å². The highest BCUT2D eigenvalue weighted by molar-refractivity contribution is 7.20. The zero-order valence-corrected chi connectivity index (χ0v) is 20.4. The van der Waals surface area contributed by atoms with E-state index in [1.165, 1.54) is 0 Å². The Morgan fingerprint density at radius 2 is 2.03 bits per heavy atom. The molecule has 0 saturated carbocycles. The third-order valence-electron chi connectivity index (χ3n) is 4.80. The predicted molar refractivity (Wildman–Crippen MR) is 125 cm³/mol. The summed E-state index contributed by atoms with van der Waals surface area (Å²) in [5.41, 5.74) is 0.253. The lowest BCUT2D eigenvalue weighted by Crippen LogP contribution is -2.35. The average molecular weight is 478 g/mol. The van der Waals surface area contributed by atoms with Crippen LogP contribution in [0, 0.1) is 6.92 Å². The van der Waals surface area contributed by atoms with Gasteiger partial charge in [-0.3, -0.25) is 9.69 Å². The van der Waals surface area contributed by atoms with Crippen LogP contribution in [0.1, 0.15) is 54.5 Å². The van der Waals surface area contributed by atoms with Crippen LogP contribution in [0.15, 0.2) is 27.6 Å². The van der Waals surface area contributed by atoms with Crippen molar-refractivity contribution in [3.63, 3.8) is 0 Å². The summed E-state index contributed by atoms with van der Waals surface area (Å²) in [6, 6.07) is 3.64. The van der Waals surface area contributed by atoms with Crippen LogP contribution in [0.5, 0.6) is 0 Å². The van der Waals surface area contributed by atoms with Crippen molar-refractivity contribution >= 4 is 27.5 Å². The number of esters is 1. The van der Waals surface area contributed by atoms with Crippen molar-refractivity contribution in [2.24, 2.45) is 0 Å². The van der Waals surface area contributed by atoms with Crippen LogP contribution in [0.2, 0.25) is 0 Å². The lowest BCUT2D eigenvalue weighted by Gasteiger charge is -2.24. The van der Waals surface area contributed by atoms with E-state index in [-0.39, 0.29) is 30.9 Å². The molecular formula is C23H31N3O6S. The molecular weight excluding hydrogens is 446 g/mol. The Bertz CT molecular complexity index is 1120. The van der Waals surface area contributed by atoms with E-state index in [1.807, 2.05) is 24.8 Å². The number of hydrogen-bond acceptors (Lipinski definition) is 9. The number of carbonyl (C=O) groups is 1. The Morgan fingerprint density at radius 1 is 1.27 bits per heavy atom. The van der Waals surface area contributed by atoms with E-state index in [0.717, 1.165) is 17.1 Å². The molecule has 9 nitrogen and oxygen atoms in total. The number of hydrogen-bond donors (Lipinski definition) is 2. The first-order valence-electron chi connectivity index (χ1n) is 10.9. The van der Waals surface area contributed by atoms with Gasteiger partial charge in [-0.05, 0) is 52.3 Å². The second-order valence-electron chi connectivity index (χ2n) is 8.49. The molecule has 0 aliphatic rings. The van der Waals surface area contributed by atoms with Gasteiger partial charge in [0.2, 0.25) is 0 Å². The molecule has 0 aromatic carbocycles. The number of H-pyrrole nitrogens is 1. The molecule has 0 amide bonds. The minimum absolute atomic E-state index is 0.0113. The molecule has 0 saturated heterocycles. The summed E-state index contributed by atoms with van der Waals surface area (Å²) in [5, 5.41) is 10.8. The topological polar surface area (TPSA) is 118 Å². The maximum absolute atomic E-state index is 12.8. The number of thiophene rings is 1. The zero-order valence-electron chi connectivity index (χ0n) is 19.6. The van der Waals surface area contributed by atoms with E-state index >= 15 is 0 Å². The molecule has 33 heavy (non-hydrogen) atoms. The standard InChI is InChI=1S/C23H31N3O6S/c1-13(2)31-12-16(27)9-26(10-17-7-6-8-30-17)11-18-24-21(28)19-15(5)20(33-22(19)25-18)23(29)32-14(3)4/h6-8,13-14,16,27H,9-12H2,1-5H3,(H,24,25,28)/t16-/m1/s1. The van der Waals surface area contributed by atoms with Crippen LogP contribution in [-0.4, -0.2) is 57.4 Å². The second-order valence-corrected chi connectivity index (χ2v) is 9.49. The summed E-state index contributed by atoms with van der Waals surface area (Å²) >= 11 is 1.15. The molecule has 2 N–H and O–H groups in total. The number of fused-ring (bicyclic) bond motifs is 1. The van der Waals surface area contributed by atoms with Gasteiger partial charge >= 0.3 is 5.97 Å². The molecule has 3 rings (SSSR count). The average Bonchev–Trinajstić information content (AvgIpc) is 3.33. The molecule has 0 unspecified atom stereocenters. The highest BCUT2D eigenvalue weighted by atomic mass is 32.1. The summed E-state index contributed by atoms with van der Waals surface area (Å²) in [5.74, 6) is 0.696. The van der Waals surface area contributed by atoms with Crippen molar-refractivity contribution < 1.29 is 23.8 Å². The van der Waals surface area contributed by atoms with Crippen LogP contribution >= 0.6 is 11.3 Å². The Kier molecular flexibility index (Phi) is 8.41. The van der Waals surface area contributed by atoms with Gasteiger partial charge in [-0.2, -0.15) is 0 Å². The van der Waals surface area contributed by atoms with E-state index in [9.17, 15) is 14.7 Å². The third kappa shape index (κ3) is 6.73. The molecule has 3 heterocycles. The molecule has 0 aliphatic heterocycles. The maximum atomic E-state index is 12.8. The number of aromatic nitrogens is 2. The van der Waals surface area contributed by atoms with Gasteiger partial charge in [0.15, 0.2) is 0 Å². The van der Waals surface area contributed by atoms with Crippen LogP contribution in [0.3, 0.4) is 0 Å². The minimum atomic E-state index is -0.723. The Labute approximate surface area is 196 Å². The molecule has 180 valence electrons. The second kappa shape index (κ2) is 11.1. The fraction of sp³-hybridized carbons (Fsp3) is 0.522. The molecule has 3 aromatic rings. The van der Waals surface area contributed by atoms with Crippen molar-refractivity contribution in [3.8, 4) is 0 Å². The monoisotopic (exact) mass is 477 g/mol. The highest BCUT2D eigenvalue weighted by Crippen LogP contribution is 2.28. The molecule has 0 radical (unpaired) electrons. The van der Waals surface area contributed by atoms with Crippen molar-refractivity contribution in [1.82, 2.24) is 14.9 Å². The Hall–Kier alpha value is -2.53. The van der Waals surface area contributed by atoms with E-state index in [1.54, 1.807) is 33.1 Å². The highest BCUT2D eigenvalue weighted by Gasteiger charge is 2.22. The number of aryl methyl sites for hydroxylation is 1. The number of nitrogens with zero attached hydrogens (tertiary/aromatic N) is 2. The summed E-state index contributed by atoms with van der Waals surface area (Å²) in [7, 11) is 0. The van der Waals surface area contributed by atoms with Crippen molar-refractivity contribution in [1.29, 1.82) is 0 Å². The smallest absolute Gasteiger partial charge is 0.348 e. The number of aliphatic hydroxyl groups is 1. The molecule has 0 fully saturated rings. The van der Waals surface area contributed by atoms with E-state index in [4.69, 9.17) is 13.9 Å². The number of nitrogens with one attached hydrogen (secondary N) is 1. The van der Waals surface area contributed by atoms with E-state index in [2.05, 4.69) is 9.97 Å². The van der Waals surface area contributed by atoms with Gasteiger partial charge in [-0.1, -0.05) is 0 Å². The van der Waals surface area contributed by atoms with Gasteiger partial charge < -0.3 is 24.0 Å². The molecule has 0 spiro atoms. The minimum Gasteiger partial charge on any atom is -0.468 e. The van der Waals surface area contributed by atoms with E-state index in [0.29, 0.717) is 39.6 Å². The normalized spacial score (nSPS) is 12.9. The maximum Gasteiger partial charge on any atom is 0.348 e. The number of ether oxygens (including phenoxy) is 2. The number of rotatable bonds is 11. The number of aromatic amines is 1. The largest absolute Gasteiger partial charge is 0.468 e. The van der Waals surface area contributed by atoms with Crippen LogP contribution in [0.25, 0.3) is 10.2 Å². The first-order chi connectivity index (χ1) is 15.6. The SMILES string of the molecule is Cc1c(C(=O)OC(C)C)sc2nc(CN(Cc3ccco3)C[C@@H](O)COC(C)C)[nH]c(=O)c12. The van der Waals surface area contributed by atoms with Gasteiger partial charge in [0.25, 0.3) is 5.56 Å². The van der Waals surface area contributed by atoms with Gasteiger partial charge in [-0.15, -0.1) is 11.3 Å². The van der Waals surface area contributed by atoms with Crippen LogP contribution < -0.4 is 5.56 Å². The van der Waals surface area contributed by atoms with Gasteiger partial charge in [0.1, 0.15) is 21.3 Å². The molecule has 3 aromatic heterocycles. The lowest BCUT2D eigenvalue weighted by molar-refractivity contribution is -0.0117. The zero-order chi connectivity index (χ0) is 24.1. The molecule has 0 aliphatic carbocycles. The summed E-state index contributed by atoms with van der Waals surface area (Å²) in [4.78, 5) is 35.4. The quantitative estimate of drug-likeness (QED) is 0.404. The number of aliphatic hydroxyl groups excluding tert-OH is 1. The van der Waals surface area contributed by atoms with E-state index < -0.39 is 12.1 Å². The predicted octanol–water partition coefficient (Wildman–Crippen LogP) is 3.24. The Morgan fingerprint density at radius 3 is 2.67 bits per heavy atom. The van der Waals surface area contributed by atoms with Crippen LogP contribution in [-0.2, 0) is 22.6 Å². The molecule has 1 atom stereocenters. The Balaban J connectivity index is 1.85. The van der Waals surface area contributed by atoms with Crippen LogP contribution in [0.4, 0.5) is 0 Å². The van der Waals surface area contributed by atoms with Gasteiger partial charge in [0.05, 0.1) is 49.7 Å². The fourth-order valence-electron chi connectivity index (χ4n) is 3.40. The summed E-state index contributed by atoms with van der Waals surface area (Å²) in [6.07, 6.45) is 0.617. The van der Waals surface area contributed by atoms with Gasteiger partial charge in [0, 0.05) is 6.54 Å². The van der Waals surface area contributed by atoms with Gasteiger partial charge in [-0.25, -0.2) is 9.78 Å². The lowest BCUT2D eigenvalue weighted by atomic mass is 10.2. The fourth-order valence-corrected chi connectivity index (χ4v) is 4.48. The summed E-state index contributed by atoms with van der Waals surface area (Å²) in [6.45, 7) is 10.3. The summed E-state index contributed by atoms with van der Waals surface area (Å²) < 4.78 is 16.3. The number of furan rings is 1. The third-order valence-corrected chi connectivity index (χ3v) is 5.97. The number of carbonyl (C=O) groups excluding carboxylic acids is 1. The molecule has 0 bridgehead atoms. The first kappa shape index (κ1) is 25.1. The molecule has 10 heteroatoms. The van der Waals surface area contributed by atoms with Crippen molar-refractivity contribution in [3.05, 3.63) is 50.8 Å². The first-order valence-corrected chi connectivity index (χ1v) is 11.7.